The van der Waals surface area contributed by atoms with Crippen molar-refractivity contribution in [1.29, 1.82) is 0 Å². The highest BCUT2D eigenvalue weighted by molar-refractivity contribution is 8.77. The van der Waals surface area contributed by atoms with Gasteiger partial charge in [-0.05, 0) is 0 Å². The molecule has 37 heavy (non-hydrogen) atoms. The zero-order chi connectivity index (χ0) is 28.4. The molecule has 0 aromatic rings. The first-order chi connectivity index (χ1) is 17.0. The van der Waals surface area contributed by atoms with Crippen LogP contribution in [0.3, 0.4) is 0 Å². The Morgan fingerprint density at radius 1 is 0.838 bits per heavy atom. The normalized spacial score (nSPS) is 15.4. The number of nitrogens with one attached hydrogen (secondary N) is 3. The molecule has 0 saturated heterocycles. The van der Waals surface area contributed by atoms with Crippen molar-refractivity contribution in [1.82, 2.24) is 20.9 Å². The van der Waals surface area contributed by atoms with Crippen LogP contribution in [0.15, 0.2) is 12.2 Å². The number of primary amides is 1. The Bertz CT molecular complexity index is 898. The van der Waals surface area contributed by atoms with Crippen LogP contribution < -0.4 is 21.7 Å². The van der Waals surface area contributed by atoms with E-state index in [0.717, 1.165) is 17.1 Å². The summed E-state index contributed by atoms with van der Waals surface area (Å²) in [5, 5.41) is 7.50. The van der Waals surface area contributed by atoms with Crippen molar-refractivity contribution in [3.63, 3.8) is 0 Å². The lowest BCUT2D eigenvalue weighted by Gasteiger charge is -2.22. The molecule has 0 aromatic heterocycles. The summed E-state index contributed by atoms with van der Waals surface area (Å²) >= 11 is 0. The van der Waals surface area contributed by atoms with Gasteiger partial charge in [-0.25, -0.2) is 0 Å². The van der Waals surface area contributed by atoms with Crippen molar-refractivity contribution in [2.45, 2.75) is 63.1 Å². The molecule has 5 N–H and O–H groups in total. The van der Waals surface area contributed by atoms with Gasteiger partial charge in [-0.3, -0.25) is 33.7 Å². The van der Waals surface area contributed by atoms with Crippen LogP contribution in [-0.2, 0) is 28.8 Å². The minimum atomic E-state index is -1.04. The molecule has 1 aliphatic rings. The molecule has 2 unspecified atom stereocenters. The van der Waals surface area contributed by atoms with Gasteiger partial charge in [-0.2, -0.15) is 0 Å². The van der Waals surface area contributed by atoms with E-state index in [1.807, 2.05) is 41.5 Å². The van der Waals surface area contributed by atoms with Gasteiger partial charge >= 0.3 is 0 Å². The number of carbonyl (C=O) groups is 6. The zero-order valence-electron chi connectivity index (χ0n) is 21.7. The predicted octanol–water partition coefficient (Wildman–Crippen LogP) is 0.842. The third-order valence-electron chi connectivity index (χ3n) is 4.04. The van der Waals surface area contributed by atoms with Gasteiger partial charge in [0.2, 0.25) is 23.6 Å². The van der Waals surface area contributed by atoms with E-state index >= 15 is 0 Å². The van der Waals surface area contributed by atoms with Crippen LogP contribution in [0.2, 0.25) is 0 Å². The first-order valence-electron chi connectivity index (χ1n) is 11.3. The van der Waals surface area contributed by atoms with Gasteiger partial charge in [-0.1, -0.05) is 84.7 Å². The maximum absolute atomic E-state index is 12.8. The number of nitrogens with two attached hydrogens (primary N) is 1. The Balaban J connectivity index is 2.70. The molecule has 208 valence electrons. The fraction of sp³-hybridized carbons (Fsp3) is 0.636. The lowest BCUT2D eigenvalue weighted by Crippen LogP contribution is -2.54. The Morgan fingerprint density at radius 3 is 1.76 bits per heavy atom. The molecule has 1 heterocycles. The molecule has 0 saturated carbocycles. The van der Waals surface area contributed by atoms with E-state index < -0.39 is 60.6 Å². The maximum Gasteiger partial charge on any atom is 0.254 e. The highest BCUT2D eigenvalue weighted by Crippen LogP contribution is 2.36. The molecule has 0 spiro atoms. The van der Waals surface area contributed by atoms with E-state index in [-0.39, 0.29) is 21.0 Å². The van der Waals surface area contributed by atoms with E-state index in [4.69, 9.17) is 5.73 Å². The average molecular weight is 594 g/mol. The summed E-state index contributed by atoms with van der Waals surface area (Å²) in [7, 11) is 5.82. The maximum atomic E-state index is 12.8. The molecule has 11 nitrogen and oxygen atoms in total. The van der Waals surface area contributed by atoms with Gasteiger partial charge in [0.15, 0.2) is 0 Å². The lowest BCUT2D eigenvalue weighted by molar-refractivity contribution is -0.141. The molecule has 0 bridgehead atoms. The summed E-state index contributed by atoms with van der Waals surface area (Å²) in [4.78, 5) is 73.6. The van der Waals surface area contributed by atoms with Gasteiger partial charge in [0.25, 0.3) is 11.8 Å². The summed E-state index contributed by atoms with van der Waals surface area (Å²) in [5.41, 5.74) is 5.40. The highest BCUT2D eigenvalue weighted by atomic mass is 33.1. The number of hydrogen-bond donors (Lipinski definition) is 4. The Labute approximate surface area is 233 Å². The van der Waals surface area contributed by atoms with Crippen LogP contribution in [0.5, 0.6) is 0 Å². The molecule has 0 radical (unpaired) electrons. The van der Waals surface area contributed by atoms with Crippen LogP contribution in [0.25, 0.3) is 0 Å². The van der Waals surface area contributed by atoms with Crippen molar-refractivity contribution >= 4 is 78.6 Å². The Morgan fingerprint density at radius 2 is 1.30 bits per heavy atom. The van der Waals surface area contributed by atoms with E-state index in [0.29, 0.717) is 0 Å². The Hall–Kier alpha value is -1.84. The number of rotatable bonds is 14. The zero-order valence-corrected chi connectivity index (χ0v) is 25.0. The number of hydrogen-bond acceptors (Lipinski definition) is 10. The van der Waals surface area contributed by atoms with Crippen molar-refractivity contribution in [3.8, 4) is 0 Å². The molecule has 1 aliphatic heterocycles. The number of amides is 6. The fourth-order valence-corrected chi connectivity index (χ4v) is 7.39. The molecular weight excluding hydrogens is 559 g/mol. The van der Waals surface area contributed by atoms with Gasteiger partial charge in [-0.15, -0.1) is 0 Å². The fourth-order valence-electron chi connectivity index (χ4n) is 2.44. The summed E-state index contributed by atoms with van der Waals surface area (Å²) in [5.74, 6) is -3.42. The molecule has 2 atom stereocenters. The van der Waals surface area contributed by atoms with Crippen LogP contribution in [0, 0.1) is 0 Å². The summed E-state index contributed by atoms with van der Waals surface area (Å²) in [6, 6.07) is -1.95. The molecule has 15 heteroatoms. The van der Waals surface area contributed by atoms with Crippen LogP contribution in [0.4, 0.5) is 0 Å². The second kappa shape index (κ2) is 14.9. The second-order valence-corrected chi connectivity index (χ2v) is 16.3. The largest absolute Gasteiger partial charge is 0.368 e. The molecule has 0 fully saturated rings. The highest BCUT2D eigenvalue weighted by Gasteiger charge is 2.29. The van der Waals surface area contributed by atoms with Crippen molar-refractivity contribution in [3.05, 3.63) is 12.2 Å². The predicted molar refractivity (Wildman–Crippen MR) is 152 cm³/mol. The molecule has 0 aromatic carbocycles. The van der Waals surface area contributed by atoms with Crippen LogP contribution >= 0.6 is 43.2 Å². The smallest absolute Gasteiger partial charge is 0.254 e. The van der Waals surface area contributed by atoms with E-state index in [2.05, 4.69) is 16.0 Å². The van der Waals surface area contributed by atoms with Gasteiger partial charge < -0.3 is 21.7 Å². The molecule has 0 aliphatic carbocycles. The van der Waals surface area contributed by atoms with E-state index in [1.165, 1.54) is 32.4 Å². The molecular formula is C22H35N5O6S4. The SMILES string of the molecule is CC(C)(C)SSCC(NC(=O)CNC(=O)C(CSSC(C)(C)C)NC(=O)CN1C(=O)C=CC1=O)C(N)=O. The third kappa shape index (κ3) is 14.0. The van der Waals surface area contributed by atoms with E-state index in [1.54, 1.807) is 10.8 Å². The third-order valence-corrected chi connectivity index (χ3v) is 10.7. The van der Waals surface area contributed by atoms with Crippen LogP contribution in [-0.4, -0.2) is 86.5 Å². The number of imide groups is 1. The lowest BCUT2D eigenvalue weighted by atomic mass is 10.3. The first kappa shape index (κ1) is 33.2. The standard InChI is InChI=1S/C22H35N5O6S4/c1-21(2,3)36-34-11-13(19(23)32)25-15(28)9-24-20(33)14(12-35-37-22(4,5)6)26-16(29)10-27-17(30)7-8-18(27)31/h7-8,13-14H,9-12H2,1-6H3,(H2,23,32)(H,24,33)(H,25,28)(H,26,29). The second-order valence-electron chi connectivity index (χ2n) is 9.92. The first-order valence-corrected chi connectivity index (χ1v) is 15.9. The van der Waals surface area contributed by atoms with Crippen molar-refractivity contribution in [2.75, 3.05) is 24.6 Å². The minimum absolute atomic E-state index is 0.0422. The average Bonchev–Trinajstić information content (AvgIpc) is 3.06. The summed E-state index contributed by atoms with van der Waals surface area (Å²) in [6.07, 6.45) is 2.13. The van der Waals surface area contributed by atoms with Gasteiger partial charge in [0.1, 0.15) is 18.6 Å². The van der Waals surface area contributed by atoms with Gasteiger partial charge in [0.05, 0.1) is 6.54 Å². The van der Waals surface area contributed by atoms with E-state index in [9.17, 15) is 28.8 Å². The summed E-state index contributed by atoms with van der Waals surface area (Å²) < 4.78 is -0.151. The minimum Gasteiger partial charge on any atom is -0.368 e. The quantitative estimate of drug-likeness (QED) is 0.167. The topological polar surface area (TPSA) is 168 Å². The Kier molecular flexibility index (Phi) is 13.4. The van der Waals surface area contributed by atoms with Crippen molar-refractivity contribution in [2.24, 2.45) is 5.73 Å². The molecule has 1 rings (SSSR count). The van der Waals surface area contributed by atoms with Gasteiger partial charge in [0, 0.05) is 33.2 Å². The van der Waals surface area contributed by atoms with Crippen molar-refractivity contribution < 1.29 is 28.8 Å². The molecule has 6 amide bonds. The monoisotopic (exact) mass is 593 g/mol. The van der Waals surface area contributed by atoms with Crippen LogP contribution in [0.1, 0.15) is 41.5 Å². The number of carbonyl (C=O) groups excluding carboxylic acids is 6. The number of nitrogens with zero attached hydrogens (tertiary/aromatic N) is 1. The summed E-state index contributed by atoms with van der Waals surface area (Å²) in [6.45, 7) is 11.1.